The van der Waals surface area contributed by atoms with Crippen molar-refractivity contribution in [3.8, 4) is 0 Å². The minimum Gasteiger partial charge on any atom is -0.424 e. The average Bonchev–Trinajstić information content (AvgIpc) is 1.82. The molecule has 0 heterocycles. The first-order valence-corrected chi connectivity index (χ1v) is 6.26. The number of ether oxygens (including phenoxy) is 1. The van der Waals surface area contributed by atoms with Crippen LogP contribution >= 0.6 is 84.3 Å². The van der Waals surface area contributed by atoms with Gasteiger partial charge in [-0.2, -0.15) is 0 Å². The molecule has 0 saturated heterocycles. The van der Waals surface area contributed by atoms with Crippen molar-refractivity contribution in [2.75, 3.05) is 0 Å². The number of hydrogen-bond donors (Lipinski definition) is 0. The number of halogens is 5. The molecule has 0 aromatic rings. The molecule has 0 amide bonds. The number of rotatable bonds is 2. The first-order chi connectivity index (χ1) is 5.27. The monoisotopic (exact) mass is 498 g/mol. The van der Waals surface area contributed by atoms with Gasteiger partial charge in [-0.3, -0.25) is 4.79 Å². The van der Waals surface area contributed by atoms with Crippen molar-refractivity contribution >= 4 is 90.3 Å². The van der Waals surface area contributed by atoms with E-state index in [-0.39, 0.29) is 0 Å². The second-order valence-corrected chi connectivity index (χ2v) is 7.38. The summed E-state index contributed by atoms with van der Waals surface area (Å²) >= 11 is 18.4. The summed E-state index contributed by atoms with van der Waals surface area (Å²) in [6, 6.07) is 0. The average molecular weight is 500 g/mol. The molecule has 0 unspecified atom stereocenters. The lowest BCUT2D eigenvalue weighted by molar-refractivity contribution is -0.142. The summed E-state index contributed by atoms with van der Waals surface area (Å²) in [4.78, 5) is 10.6. The molecule has 0 bridgehead atoms. The van der Waals surface area contributed by atoms with Gasteiger partial charge >= 0.3 is 5.97 Å². The maximum absolute atomic E-state index is 10.6. The fourth-order valence-electron chi connectivity index (χ4n) is 0.335. The Morgan fingerprint density at radius 2 is 1.92 bits per heavy atom. The normalized spacial score (nSPS) is 13.8. The highest BCUT2D eigenvalue weighted by atomic mass is 127. The van der Waals surface area contributed by atoms with Crippen LogP contribution in [-0.4, -0.2) is 10.5 Å². The van der Waals surface area contributed by atoms with Crippen LogP contribution in [0.15, 0.2) is 6.07 Å². The van der Waals surface area contributed by atoms with Crippen LogP contribution in [0.3, 0.4) is 0 Å². The number of carbonyl (C=O) groups excluding carboxylic acids is 1. The van der Waals surface area contributed by atoms with Crippen molar-refractivity contribution in [3.63, 3.8) is 0 Å². The highest BCUT2D eigenvalue weighted by Crippen LogP contribution is 2.41. The van der Waals surface area contributed by atoms with Gasteiger partial charge in [0.05, 0.1) is 6.07 Å². The molecule has 0 aromatic carbocycles. The van der Waals surface area contributed by atoms with Crippen LogP contribution in [0.5, 0.6) is 0 Å². The molecule has 2 nitrogen and oxygen atoms in total. The maximum Gasteiger partial charge on any atom is 0.305 e. The van der Waals surface area contributed by atoms with Crippen LogP contribution in [0.4, 0.5) is 0 Å². The van der Waals surface area contributed by atoms with E-state index in [0.29, 0.717) is 6.07 Å². The van der Waals surface area contributed by atoms with Crippen molar-refractivity contribution in [1.82, 2.24) is 0 Å². The van der Waals surface area contributed by atoms with E-state index in [0.717, 1.165) is 0 Å². The molecule has 0 aliphatic carbocycles. The highest BCUT2D eigenvalue weighted by Gasteiger charge is 2.33. The zero-order valence-corrected chi connectivity index (χ0v) is 13.1. The Balaban J connectivity index is 4.62. The van der Waals surface area contributed by atoms with Crippen molar-refractivity contribution in [2.45, 2.75) is 11.4 Å². The molecule has 0 N–H and O–H groups in total. The Hall–Kier alpha value is 1.73. The van der Waals surface area contributed by atoms with E-state index >= 15 is 0 Å². The Morgan fingerprint density at radius 1 is 1.50 bits per heavy atom. The molecular weight excluding hydrogens is 497 g/mol. The van der Waals surface area contributed by atoms with Crippen molar-refractivity contribution in [1.29, 1.82) is 0 Å². The Bertz CT molecular complexity index is 225. The van der Waals surface area contributed by atoms with Crippen LogP contribution in [0.1, 0.15) is 6.92 Å². The molecule has 0 radical (unpaired) electrons. The smallest absolute Gasteiger partial charge is 0.305 e. The molecule has 0 saturated carbocycles. The van der Waals surface area contributed by atoms with Gasteiger partial charge in [-0.15, -0.1) is 0 Å². The molecule has 0 fully saturated rings. The topological polar surface area (TPSA) is 26.3 Å². The van der Waals surface area contributed by atoms with E-state index in [4.69, 9.17) is 23.2 Å². The summed E-state index contributed by atoms with van der Waals surface area (Å²) < 4.78 is 4.28. The fraction of sp³-hybridized carbons (Fsp3) is 0.400. The van der Waals surface area contributed by atoms with Gasteiger partial charge in [0.25, 0.3) is 4.52 Å². The summed E-state index contributed by atoms with van der Waals surface area (Å²) in [7, 11) is 0. The van der Waals surface area contributed by atoms with Crippen LogP contribution < -0.4 is 0 Å². The maximum atomic E-state index is 10.6. The molecule has 0 rings (SSSR count). The number of esters is 1. The SMILES string of the molecule is CC(=O)OC(Cl)(Cl)C(I)=C(Br)I. The van der Waals surface area contributed by atoms with Crippen LogP contribution in [0, 0.1) is 0 Å². The molecule has 0 atom stereocenters. The third-order valence-electron chi connectivity index (χ3n) is 0.693. The molecule has 70 valence electrons. The summed E-state index contributed by atoms with van der Waals surface area (Å²) in [6.07, 6.45) is 0. The Labute approximate surface area is 116 Å². The zero-order valence-electron chi connectivity index (χ0n) is 5.71. The van der Waals surface area contributed by atoms with Gasteiger partial charge in [-0.1, -0.05) is 23.2 Å². The van der Waals surface area contributed by atoms with E-state index in [9.17, 15) is 4.79 Å². The lowest BCUT2D eigenvalue weighted by Crippen LogP contribution is -2.21. The fourth-order valence-corrected chi connectivity index (χ4v) is 2.06. The van der Waals surface area contributed by atoms with E-state index in [1.54, 1.807) is 0 Å². The largest absolute Gasteiger partial charge is 0.424 e. The summed E-state index contributed by atoms with van der Waals surface area (Å²) in [6.45, 7) is 1.24. The van der Waals surface area contributed by atoms with Gasteiger partial charge in [0.2, 0.25) is 0 Å². The zero-order chi connectivity index (χ0) is 9.94. The van der Waals surface area contributed by atoms with Crippen molar-refractivity contribution < 1.29 is 9.53 Å². The van der Waals surface area contributed by atoms with Crippen molar-refractivity contribution in [3.05, 3.63) is 6.07 Å². The first-order valence-electron chi connectivity index (χ1n) is 2.56. The summed E-state index contributed by atoms with van der Waals surface area (Å²) in [5.41, 5.74) is 0. The molecular formula is C5H3BrCl2I2O2. The molecule has 0 aromatic heterocycles. The lowest BCUT2D eigenvalue weighted by atomic mass is 10.6. The number of alkyl halides is 2. The quantitative estimate of drug-likeness (QED) is 0.325. The van der Waals surface area contributed by atoms with Crippen molar-refractivity contribution in [2.24, 2.45) is 0 Å². The van der Waals surface area contributed by atoms with Gasteiger partial charge in [0.1, 0.15) is 0 Å². The van der Waals surface area contributed by atoms with Crippen LogP contribution in [0.2, 0.25) is 0 Å². The van der Waals surface area contributed by atoms with Gasteiger partial charge < -0.3 is 4.74 Å². The first kappa shape index (κ1) is 13.7. The Kier molecular flexibility index (Phi) is 6.38. The van der Waals surface area contributed by atoms with E-state index in [2.05, 4.69) is 20.7 Å². The van der Waals surface area contributed by atoms with Gasteiger partial charge in [-0.05, 0) is 61.1 Å². The van der Waals surface area contributed by atoms with Gasteiger partial charge in [0, 0.05) is 6.92 Å². The van der Waals surface area contributed by atoms with E-state index in [1.807, 2.05) is 45.2 Å². The predicted molar refractivity (Wildman–Crippen MR) is 70.2 cm³/mol. The van der Waals surface area contributed by atoms with Gasteiger partial charge in [0.15, 0.2) is 0 Å². The summed E-state index contributed by atoms with van der Waals surface area (Å²) in [5.74, 6) is -0.528. The Morgan fingerprint density at radius 3 is 2.17 bits per heavy atom. The molecule has 0 spiro atoms. The predicted octanol–water partition coefficient (Wildman–Crippen LogP) is 4.11. The molecule has 7 heteroatoms. The summed E-state index contributed by atoms with van der Waals surface area (Å²) in [5, 5.41) is 0. The van der Waals surface area contributed by atoms with Gasteiger partial charge in [-0.25, -0.2) is 0 Å². The van der Waals surface area contributed by atoms with E-state index in [1.165, 1.54) is 6.92 Å². The molecule has 12 heavy (non-hydrogen) atoms. The third kappa shape index (κ3) is 4.83. The number of hydrogen-bond acceptors (Lipinski definition) is 2. The molecule has 0 aliphatic heterocycles. The second-order valence-electron chi connectivity index (χ2n) is 1.68. The van der Waals surface area contributed by atoms with E-state index < -0.39 is 10.5 Å². The third-order valence-corrected chi connectivity index (χ3v) is 5.87. The standard InChI is InChI=1S/C5H3BrCl2I2O2/c1-2(11)12-5(7,8)3(9)4(6)10/h1H3. The number of carbonyl (C=O) groups is 1. The highest BCUT2D eigenvalue weighted by molar-refractivity contribution is 14.1. The minimum absolute atomic E-state index is 0.513. The lowest BCUT2D eigenvalue weighted by Gasteiger charge is -2.18. The second kappa shape index (κ2) is 5.57. The van der Waals surface area contributed by atoms with Crippen LogP contribution in [0.25, 0.3) is 0 Å². The van der Waals surface area contributed by atoms with Crippen LogP contribution in [-0.2, 0) is 9.53 Å². The minimum atomic E-state index is -1.59. The molecule has 0 aliphatic rings.